The number of morpholine rings is 1. The predicted octanol–water partition coefficient (Wildman–Crippen LogP) is 3.78. The van der Waals surface area contributed by atoms with Gasteiger partial charge in [-0.3, -0.25) is 4.99 Å². The van der Waals surface area contributed by atoms with Crippen LogP contribution in [-0.4, -0.2) is 50.8 Å². The van der Waals surface area contributed by atoms with Gasteiger partial charge in [0.2, 0.25) is 0 Å². The Balaban J connectivity index is 0.00000280. The van der Waals surface area contributed by atoms with Gasteiger partial charge in [-0.2, -0.15) is 0 Å². The maximum atomic E-state index is 6.01. The SMILES string of the molecule is CN=C(NCCOCc1ccccc1)N1CCOC(c2ccccc2C)C1.I. The second kappa shape index (κ2) is 12.0. The van der Waals surface area contributed by atoms with Gasteiger partial charge in [-0.15, -0.1) is 24.0 Å². The van der Waals surface area contributed by atoms with Gasteiger partial charge < -0.3 is 19.7 Å². The Bertz CT molecular complexity index is 740. The lowest BCUT2D eigenvalue weighted by Gasteiger charge is -2.35. The van der Waals surface area contributed by atoms with Crippen LogP contribution in [0.1, 0.15) is 22.8 Å². The molecule has 0 bridgehead atoms. The zero-order chi connectivity index (χ0) is 18.9. The van der Waals surface area contributed by atoms with Crippen LogP contribution in [0.25, 0.3) is 0 Å². The fourth-order valence-corrected chi connectivity index (χ4v) is 3.31. The Kier molecular flexibility index (Phi) is 9.73. The quantitative estimate of drug-likeness (QED) is 0.287. The van der Waals surface area contributed by atoms with Crippen molar-refractivity contribution in [1.82, 2.24) is 10.2 Å². The third-order valence-corrected chi connectivity index (χ3v) is 4.75. The molecule has 1 unspecified atom stereocenters. The predicted molar refractivity (Wildman–Crippen MR) is 124 cm³/mol. The van der Waals surface area contributed by atoms with Gasteiger partial charge in [0.05, 0.1) is 26.4 Å². The summed E-state index contributed by atoms with van der Waals surface area (Å²) in [5.41, 5.74) is 3.71. The molecule has 0 amide bonds. The maximum absolute atomic E-state index is 6.01. The zero-order valence-corrected chi connectivity index (χ0v) is 19.0. The average molecular weight is 495 g/mol. The van der Waals surface area contributed by atoms with Crippen LogP contribution in [-0.2, 0) is 16.1 Å². The highest BCUT2D eigenvalue weighted by molar-refractivity contribution is 14.0. The van der Waals surface area contributed by atoms with Crippen molar-refractivity contribution in [3.8, 4) is 0 Å². The molecule has 0 radical (unpaired) electrons. The summed E-state index contributed by atoms with van der Waals surface area (Å²) in [6.45, 7) is 6.47. The van der Waals surface area contributed by atoms with Crippen molar-refractivity contribution in [1.29, 1.82) is 0 Å². The highest BCUT2D eigenvalue weighted by Crippen LogP contribution is 2.24. The summed E-state index contributed by atoms with van der Waals surface area (Å²) in [6, 6.07) is 18.6. The fraction of sp³-hybridized carbons (Fsp3) is 0.409. The molecule has 2 aromatic carbocycles. The van der Waals surface area contributed by atoms with Gasteiger partial charge in [0.25, 0.3) is 0 Å². The molecule has 5 nitrogen and oxygen atoms in total. The van der Waals surface area contributed by atoms with E-state index in [1.807, 2.05) is 25.2 Å². The summed E-state index contributed by atoms with van der Waals surface area (Å²) in [7, 11) is 1.82. The van der Waals surface area contributed by atoms with E-state index >= 15 is 0 Å². The van der Waals surface area contributed by atoms with E-state index in [1.165, 1.54) is 16.7 Å². The van der Waals surface area contributed by atoms with Crippen LogP contribution in [0.4, 0.5) is 0 Å². The second-order valence-electron chi connectivity index (χ2n) is 6.67. The van der Waals surface area contributed by atoms with Crippen molar-refractivity contribution in [2.24, 2.45) is 4.99 Å². The van der Waals surface area contributed by atoms with E-state index in [4.69, 9.17) is 9.47 Å². The summed E-state index contributed by atoms with van der Waals surface area (Å²) in [5.74, 6) is 0.903. The average Bonchev–Trinajstić information content (AvgIpc) is 2.72. The molecular formula is C22H30IN3O2. The second-order valence-corrected chi connectivity index (χ2v) is 6.67. The first-order valence-corrected chi connectivity index (χ1v) is 9.52. The third-order valence-electron chi connectivity index (χ3n) is 4.75. The summed E-state index contributed by atoms with van der Waals surface area (Å²) >= 11 is 0. The van der Waals surface area contributed by atoms with Crippen LogP contribution in [0, 0.1) is 6.92 Å². The number of nitrogens with one attached hydrogen (secondary N) is 1. The molecule has 1 fully saturated rings. The number of benzene rings is 2. The van der Waals surface area contributed by atoms with Gasteiger partial charge in [-0.1, -0.05) is 54.6 Å². The Morgan fingerprint density at radius 2 is 1.93 bits per heavy atom. The smallest absolute Gasteiger partial charge is 0.193 e. The van der Waals surface area contributed by atoms with Crippen LogP contribution in [0.2, 0.25) is 0 Å². The van der Waals surface area contributed by atoms with Crippen LogP contribution >= 0.6 is 24.0 Å². The molecule has 0 aromatic heterocycles. The minimum absolute atomic E-state index is 0. The van der Waals surface area contributed by atoms with Crippen molar-refractivity contribution in [3.63, 3.8) is 0 Å². The fourth-order valence-electron chi connectivity index (χ4n) is 3.31. The highest BCUT2D eigenvalue weighted by Gasteiger charge is 2.24. The molecule has 1 N–H and O–H groups in total. The molecule has 6 heteroatoms. The monoisotopic (exact) mass is 495 g/mol. The number of nitrogens with zero attached hydrogens (tertiary/aromatic N) is 2. The first kappa shape index (κ1) is 22.6. The Hall–Kier alpha value is -1.64. The molecule has 0 spiro atoms. The molecule has 1 atom stereocenters. The normalized spacial score (nSPS) is 17.1. The molecule has 2 aromatic rings. The number of ether oxygens (including phenoxy) is 2. The van der Waals surface area contributed by atoms with E-state index in [0.717, 1.165) is 25.6 Å². The minimum atomic E-state index is 0. The van der Waals surface area contributed by atoms with Crippen molar-refractivity contribution < 1.29 is 9.47 Å². The van der Waals surface area contributed by atoms with Crippen LogP contribution in [0.15, 0.2) is 59.6 Å². The van der Waals surface area contributed by atoms with Crippen molar-refractivity contribution >= 4 is 29.9 Å². The van der Waals surface area contributed by atoms with Gasteiger partial charge in [0.1, 0.15) is 6.10 Å². The van der Waals surface area contributed by atoms with Crippen molar-refractivity contribution in [3.05, 3.63) is 71.3 Å². The van der Waals surface area contributed by atoms with Gasteiger partial charge in [-0.05, 0) is 23.6 Å². The molecule has 0 saturated carbocycles. The first-order chi connectivity index (χ1) is 13.3. The molecule has 3 rings (SSSR count). The van der Waals surface area contributed by atoms with Gasteiger partial charge in [0.15, 0.2) is 5.96 Å². The summed E-state index contributed by atoms with van der Waals surface area (Å²) < 4.78 is 11.8. The standard InChI is InChI=1S/C22H29N3O2.HI/c1-18-8-6-7-11-20(18)21-16-25(13-15-27-21)22(23-2)24-12-14-26-17-19-9-4-3-5-10-19;/h3-11,21H,12-17H2,1-2H3,(H,23,24);1H. The van der Waals surface area contributed by atoms with E-state index < -0.39 is 0 Å². The molecule has 1 saturated heterocycles. The van der Waals surface area contributed by atoms with Crippen LogP contribution in [0.3, 0.4) is 0 Å². The summed E-state index contributed by atoms with van der Waals surface area (Å²) in [4.78, 5) is 6.70. The van der Waals surface area contributed by atoms with Crippen molar-refractivity contribution in [2.45, 2.75) is 19.6 Å². The van der Waals surface area contributed by atoms with E-state index in [1.54, 1.807) is 0 Å². The third kappa shape index (κ3) is 6.46. The van der Waals surface area contributed by atoms with Gasteiger partial charge in [0, 0.05) is 20.1 Å². The number of rotatable bonds is 6. The summed E-state index contributed by atoms with van der Waals surface area (Å²) in [6.07, 6.45) is 0.0767. The van der Waals surface area contributed by atoms with E-state index in [0.29, 0.717) is 19.8 Å². The van der Waals surface area contributed by atoms with Crippen LogP contribution < -0.4 is 5.32 Å². The topological polar surface area (TPSA) is 46.1 Å². The van der Waals surface area contributed by atoms with Gasteiger partial charge in [-0.25, -0.2) is 0 Å². The number of aliphatic imine (C=N–C) groups is 1. The van der Waals surface area contributed by atoms with Crippen LogP contribution in [0.5, 0.6) is 0 Å². The van der Waals surface area contributed by atoms with E-state index in [-0.39, 0.29) is 30.1 Å². The number of aryl methyl sites for hydroxylation is 1. The lowest BCUT2D eigenvalue weighted by Crippen LogP contribution is -2.48. The number of halogens is 1. The Morgan fingerprint density at radius 1 is 1.18 bits per heavy atom. The molecule has 152 valence electrons. The number of hydrogen-bond donors (Lipinski definition) is 1. The number of hydrogen-bond acceptors (Lipinski definition) is 3. The zero-order valence-electron chi connectivity index (χ0n) is 16.6. The maximum Gasteiger partial charge on any atom is 0.193 e. The Morgan fingerprint density at radius 3 is 2.68 bits per heavy atom. The lowest BCUT2D eigenvalue weighted by atomic mass is 10.0. The van der Waals surface area contributed by atoms with Crippen molar-refractivity contribution in [2.75, 3.05) is 39.9 Å². The lowest BCUT2D eigenvalue weighted by molar-refractivity contribution is -0.00845. The highest BCUT2D eigenvalue weighted by atomic mass is 127. The van der Waals surface area contributed by atoms with E-state index in [9.17, 15) is 0 Å². The summed E-state index contributed by atoms with van der Waals surface area (Å²) in [5, 5.41) is 3.41. The molecule has 28 heavy (non-hydrogen) atoms. The first-order valence-electron chi connectivity index (χ1n) is 9.52. The van der Waals surface area contributed by atoms with Gasteiger partial charge >= 0.3 is 0 Å². The molecule has 1 aliphatic heterocycles. The number of guanidine groups is 1. The Labute approximate surface area is 185 Å². The molecule has 1 aliphatic rings. The molecular weight excluding hydrogens is 465 g/mol. The largest absolute Gasteiger partial charge is 0.375 e. The minimum Gasteiger partial charge on any atom is -0.375 e. The molecule has 1 heterocycles. The molecule has 0 aliphatic carbocycles. The van der Waals surface area contributed by atoms with E-state index in [2.05, 4.69) is 58.5 Å².